The molecule has 1 aliphatic heterocycles. The Morgan fingerprint density at radius 2 is 2.00 bits per heavy atom. The van der Waals surface area contributed by atoms with Gasteiger partial charge in [0, 0.05) is 36.3 Å². The third-order valence-corrected chi connectivity index (χ3v) is 4.03. The Hall–Kier alpha value is -3.55. The molecule has 0 spiro atoms. The summed E-state index contributed by atoms with van der Waals surface area (Å²) in [5.74, 6) is -0.970. The van der Waals surface area contributed by atoms with Gasteiger partial charge in [-0.25, -0.2) is 5.43 Å². The number of nitro benzene ring substituents is 1. The third kappa shape index (κ3) is 3.92. The quantitative estimate of drug-likeness (QED) is 0.505. The van der Waals surface area contributed by atoms with Crippen molar-refractivity contribution in [3.05, 3.63) is 70.3 Å². The first-order chi connectivity index (χ1) is 12.5. The first kappa shape index (κ1) is 17.3. The second-order valence-corrected chi connectivity index (χ2v) is 5.83. The number of nitrogens with one attached hydrogen (secondary N) is 1. The molecule has 2 aromatic carbocycles. The number of carbonyl (C=O) groups excluding carboxylic acids is 2. The van der Waals surface area contributed by atoms with Crippen molar-refractivity contribution < 1.29 is 14.5 Å². The van der Waals surface area contributed by atoms with Gasteiger partial charge in [-0.1, -0.05) is 30.3 Å². The zero-order chi connectivity index (χ0) is 18.5. The van der Waals surface area contributed by atoms with Gasteiger partial charge in [-0.3, -0.25) is 19.7 Å². The molecular weight excluding hydrogens is 336 g/mol. The number of benzene rings is 2. The van der Waals surface area contributed by atoms with E-state index in [2.05, 4.69) is 10.5 Å². The Balaban J connectivity index is 1.60. The van der Waals surface area contributed by atoms with Crippen LogP contribution in [0.15, 0.2) is 59.7 Å². The number of hydrogen-bond acceptors (Lipinski definition) is 5. The fourth-order valence-corrected chi connectivity index (χ4v) is 2.72. The smallest absolute Gasteiger partial charge is 0.270 e. The minimum atomic E-state index is -0.502. The lowest BCUT2D eigenvalue weighted by Crippen LogP contribution is -2.30. The summed E-state index contributed by atoms with van der Waals surface area (Å²) in [5, 5.41) is 14.6. The first-order valence-corrected chi connectivity index (χ1v) is 7.97. The second-order valence-electron chi connectivity index (χ2n) is 5.83. The molecule has 8 nitrogen and oxygen atoms in total. The van der Waals surface area contributed by atoms with E-state index in [4.69, 9.17) is 0 Å². The van der Waals surface area contributed by atoms with E-state index in [-0.39, 0.29) is 23.9 Å². The van der Waals surface area contributed by atoms with Crippen LogP contribution in [0.25, 0.3) is 0 Å². The summed E-state index contributed by atoms with van der Waals surface area (Å²) in [6, 6.07) is 15.1. The highest BCUT2D eigenvalue weighted by atomic mass is 16.6. The highest BCUT2D eigenvalue weighted by Gasteiger charge is 2.34. The normalized spacial score (nSPS) is 16.8. The molecule has 1 heterocycles. The fraction of sp³-hybridized carbons (Fsp3) is 0.167. The van der Waals surface area contributed by atoms with E-state index in [1.54, 1.807) is 11.0 Å². The topological polar surface area (TPSA) is 105 Å². The van der Waals surface area contributed by atoms with Crippen LogP contribution in [0.2, 0.25) is 0 Å². The van der Waals surface area contributed by atoms with Crippen LogP contribution in [-0.4, -0.2) is 29.5 Å². The Bertz CT molecular complexity index is 867. The summed E-state index contributed by atoms with van der Waals surface area (Å²) in [6.45, 7) is 0.293. The molecule has 0 saturated carbocycles. The molecule has 0 aliphatic carbocycles. The molecule has 0 aromatic heterocycles. The van der Waals surface area contributed by atoms with Gasteiger partial charge >= 0.3 is 0 Å². The zero-order valence-electron chi connectivity index (χ0n) is 13.7. The van der Waals surface area contributed by atoms with Gasteiger partial charge in [0.25, 0.3) is 5.69 Å². The molecule has 26 heavy (non-hydrogen) atoms. The summed E-state index contributed by atoms with van der Waals surface area (Å²) in [6.07, 6.45) is 1.45. The molecule has 1 atom stereocenters. The Morgan fingerprint density at radius 3 is 2.73 bits per heavy atom. The van der Waals surface area contributed by atoms with Gasteiger partial charge in [-0.15, -0.1) is 0 Å². The molecule has 1 N–H and O–H groups in total. The number of hydrogen-bond donors (Lipinski definition) is 1. The van der Waals surface area contributed by atoms with E-state index in [1.165, 1.54) is 24.4 Å². The second kappa shape index (κ2) is 7.56. The number of nitrogens with zero attached hydrogens (tertiary/aromatic N) is 3. The van der Waals surface area contributed by atoms with Gasteiger partial charge in [0.1, 0.15) is 0 Å². The molecule has 2 amide bonds. The molecule has 2 aromatic rings. The third-order valence-electron chi connectivity index (χ3n) is 4.03. The Labute approximate surface area is 149 Å². The summed E-state index contributed by atoms with van der Waals surface area (Å²) < 4.78 is 0. The summed E-state index contributed by atoms with van der Waals surface area (Å²) in [5.41, 5.74) is 3.59. The molecule has 8 heteroatoms. The first-order valence-electron chi connectivity index (χ1n) is 7.97. The van der Waals surface area contributed by atoms with Gasteiger partial charge in [0.2, 0.25) is 11.8 Å². The van der Waals surface area contributed by atoms with E-state index < -0.39 is 10.8 Å². The lowest BCUT2D eigenvalue weighted by molar-refractivity contribution is -0.384. The maximum atomic E-state index is 12.2. The van der Waals surface area contributed by atoms with Crippen molar-refractivity contribution in [1.29, 1.82) is 0 Å². The van der Waals surface area contributed by atoms with Crippen molar-refractivity contribution in [2.45, 2.75) is 6.42 Å². The summed E-state index contributed by atoms with van der Waals surface area (Å²) in [4.78, 5) is 36.2. The monoisotopic (exact) mass is 352 g/mol. The average molecular weight is 352 g/mol. The fourth-order valence-electron chi connectivity index (χ4n) is 2.72. The van der Waals surface area contributed by atoms with E-state index in [9.17, 15) is 19.7 Å². The van der Waals surface area contributed by atoms with Crippen LogP contribution >= 0.6 is 0 Å². The van der Waals surface area contributed by atoms with Crippen molar-refractivity contribution in [3.63, 3.8) is 0 Å². The van der Waals surface area contributed by atoms with Crippen LogP contribution < -0.4 is 10.3 Å². The van der Waals surface area contributed by atoms with Crippen molar-refractivity contribution in [3.8, 4) is 0 Å². The molecule has 1 saturated heterocycles. The SMILES string of the molecule is O=C(N/N=C\c1cccc([N+](=O)[O-])c1)[C@H]1CC(=O)N(c2ccccc2)C1. The maximum Gasteiger partial charge on any atom is 0.270 e. The number of hydrazone groups is 1. The molecule has 3 rings (SSSR count). The van der Waals surface area contributed by atoms with Gasteiger partial charge in [0.15, 0.2) is 0 Å². The highest BCUT2D eigenvalue weighted by Crippen LogP contribution is 2.24. The van der Waals surface area contributed by atoms with E-state index in [0.717, 1.165) is 5.69 Å². The van der Waals surface area contributed by atoms with Crippen molar-refractivity contribution in [2.75, 3.05) is 11.4 Å². The molecule has 0 unspecified atom stereocenters. The largest absolute Gasteiger partial charge is 0.312 e. The van der Waals surface area contributed by atoms with Crippen molar-refractivity contribution in [2.24, 2.45) is 11.0 Å². The van der Waals surface area contributed by atoms with Crippen LogP contribution in [0.4, 0.5) is 11.4 Å². The van der Waals surface area contributed by atoms with Crippen LogP contribution in [0.5, 0.6) is 0 Å². The molecular formula is C18H16N4O4. The number of rotatable bonds is 5. The molecule has 132 valence electrons. The molecule has 0 radical (unpaired) electrons. The Kier molecular flexibility index (Phi) is 5.02. The van der Waals surface area contributed by atoms with E-state index in [0.29, 0.717) is 12.1 Å². The number of nitro groups is 1. The number of anilines is 1. The van der Waals surface area contributed by atoms with Gasteiger partial charge in [-0.05, 0) is 12.1 Å². The zero-order valence-corrected chi connectivity index (χ0v) is 13.7. The molecule has 1 aliphatic rings. The minimum absolute atomic E-state index is 0.0554. The number of para-hydroxylation sites is 1. The molecule has 0 bridgehead atoms. The average Bonchev–Trinajstić information content (AvgIpc) is 3.04. The predicted octanol–water partition coefficient (Wildman–Crippen LogP) is 2.10. The lowest BCUT2D eigenvalue weighted by Gasteiger charge is -2.16. The number of non-ortho nitro benzene ring substituents is 1. The summed E-state index contributed by atoms with van der Waals surface area (Å²) in [7, 11) is 0. The highest BCUT2D eigenvalue weighted by molar-refractivity contribution is 6.00. The van der Waals surface area contributed by atoms with Crippen LogP contribution in [0, 0.1) is 16.0 Å². The lowest BCUT2D eigenvalue weighted by atomic mass is 10.1. The standard InChI is InChI=1S/C18H16N4O4/c23-17-10-14(12-21(17)15-6-2-1-3-7-15)18(24)20-19-11-13-5-4-8-16(9-13)22(25)26/h1-9,11,14H,10,12H2,(H,20,24)/b19-11-/t14-/m0/s1. The van der Waals surface area contributed by atoms with Crippen LogP contribution in [0.1, 0.15) is 12.0 Å². The van der Waals surface area contributed by atoms with E-state index >= 15 is 0 Å². The minimum Gasteiger partial charge on any atom is -0.312 e. The van der Waals surface area contributed by atoms with Gasteiger partial charge in [0.05, 0.1) is 17.1 Å². The maximum absolute atomic E-state index is 12.2. The van der Waals surface area contributed by atoms with Crippen LogP contribution in [-0.2, 0) is 9.59 Å². The van der Waals surface area contributed by atoms with Gasteiger partial charge in [-0.2, -0.15) is 5.10 Å². The number of carbonyl (C=O) groups is 2. The van der Waals surface area contributed by atoms with E-state index in [1.807, 2.05) is 30.3 Å². The van der Waals surface area contributed by atoms with Crippen LogP contribution in [0.3, 0.4) is 0 Å². The Morgan fingerprint density at radius 1 is 1.23 bits per heavy atom. The molecule has 1 fully saturated rings. The number of amides is 2. The van der Waals surface area contributed by atoms with Crippen molar-refractivity contribution >= 4 is 29.4 Å². The predicted molar refractivity (Wildman–Crippen MR) is 95.7 cm³/mol. The van der Waals surface area contributed by atoms with Gasteiger partial charge < -0.3 is 4.90 Å². The van der Waals surface area contributed by atoms with Crippen molar-refractivity contribution in [1.82, 2.24) is 5.43 Å². The summed E-state index contributed by atoms with van der Waals surface area (Å²) >= 11 is 0.